The summed E-state index contributed by atoms with van der Waals surface area (Å²) in [5, 5.41) is 24.3. The molecule has 198 valence electrons. The van der Waals surface area contributed by atoms with E-state index < -0.39 is 6.04 Å². The third-order valence-corrected chi connectivity index (χ3v) is 7.15. The Bertz CT molecular complexity index is 1440. The number of nitrogens with zero attached hydrogens (tertiary/aromatic N) is 6. The molecule has 0 unspecified atom stereocenters. The van der Waals surface area contributed by atoms with Crippen LogP contribution in [0.3, 0.4) is 0 Å². The average molecular weight is 517 g/mol. The second kappa shape index (κ2) is 9.86. The van der Waals surface area contributed by atoms with Gasteiger partial charge in [0.2, 0.25) is 5.96 Å². The van der Waals surface area contributed by atoms with Crippen LogP contribution in [-0.4, -0.2) is 75.3 Å². The summed E-state index contributed by atoms with van der Waals surface area (Å²) < 4.78 is 5.87. The van der Waals surface area contributed by atoms with Crippen LogP contribution < -0.4 is 10.2 Å². The molecule has 5 rings (SSSR count). The van der Waals surface area contributed by atoms with E-state index in [0.717, 1.165) is 41.1 Å². The molecule has 0 saturated carbocycles. The van der Waals surface area contributed by atoms with Gasteiger partial charge in [-0.15, -0.1) is 0 Å². The van der Waals surface area contributed by atoms with Crippen LogP contribution in [-0.2, 0) is 9.53 Å². The van der Waals surface area contributed by atoms with Crippen molar-refractivity contribution in [3.63, 3.8) is 0 Å². The van der Waals surface area contributed by atoms with Crippen LogP contribution in [0.4, 0.5) is 11.5 Å². The van der Waals surface area contributed by atoms with Crippen molar-refractivity contribution in [1.29, 1.82) is 10.9 Å². The second-order valence-electron chi connectivity index (χ2n) is 9.85. The predicted octanol–water partition coefficient (Wildman–Crippen LogP) is 3.97. The molecule has 1 saturated heterocycles. The average Bonchev–Trinajstić information content (AvgIpc) is 3.31. The lowest BCUT2D eigenvalue weighted by Crippen LogP contribution is -2.50. The zero-order valence-corrected chi connectivity index (χ0v) is 22.1. The minimum atomic E-state index is -0.551. The van der Waals surface area contributed by atoms with Gasteiger partial charge in [0.05, 0.1) is 29.3 Å². The quantitative estimate of drug-likeness (QED) is 0.375. The first kappa shape index (κ1) is 25.3. The van der Waals surface area contributed by atoms with E-state index in [1.807, 2.05) is 30.3 Å². The molecule has 12 heteroatoms. The highest BCUT2D eigenvalue weighted by Crippen LogP contribution is 2.32. The standard InChI is InChI=1S/C26H32N10O2/c1-14-12-35(13-15(2)38-14)22-10-18(8-9-29-22)24-20-11-19(6-7-21(20)31-32-24)30-25(37)23-16(3)34(5)26(27)36(33-28)17(23)4/h6-11,14-15,17,27-28H,12-13H2,1-5H3,(H,30,37)(H,31,32)/t14-,15-,17+/m0/s1. The molecule has 3 aromatic rings. The number of carbonyl (C=O) groups is 1. The van der Waals surface area contributed by atoms with E-state index in [1.165, 1.54) is 5.01 Å². The number of allylic oxidation sites excluding steroid dienone is 1. The van der Waals surface area contributed by atoms with Crippen LogP contribution in [0.2, 0.25) is 0 Å². The van der Waals surface area contributed by atoms with E-state index in [-0.39, 0.29) is 24.1 Å². The summed E-state index contributed by atoms with van der Waals surface area (Å²) in [7, 11) is 1.68. The fourth-order valence-electron chi connectivity index (χ4n) is 5.20. The molecular formula is C26H32N10O2. The van der Waals surface area contributed by atoms with Gasteiger partial charge in [-0.1, -0.05) is 5.22 Å². The molecule has 2 aromatic heterocycles. The number of hydrogen-bond donors (Lipinski definition) is 4. The number of nitrogens with one attached hydrogen (secondary N) is 4. The smallest absolute Gasteiger partial charge is 0.255 e. The highest BCUT2D eigenvalue weighted by atomic mass is 16.5. The molecule has 0 aliphatic carbocycles. The first-order valence-corrected chi connectivity index (χ1v) is 12.5. The lowest BCUT2D eigenvalue weighted by atomic mass is 10.0. The molecule has 38 heavy (non-hydrogen) atoms. The summed E-state index contributed by atoms with van der Waals surface area (Å²) >= 11 is 0. The summed E-state index contributed by atoms with van der Waals surface area (Å²) in [6, 6.07) is 9.01. The Hall–Kier alpha value is -4.32. The summed E-state index contributed by atoms with van der Waals surface area (Å²) in [5.74, 6) is 0.607. The Morgan fingerprint density at radius 1 is 1.18 bits per heavy atom. The fourth-order valence-corrected chi connectivity index (χ4v) is 5.20. The van der Waals surface area contributed by atoms with Gasteiger partial charge in [0, 0.05) is 48.7 Å². The molecular weight excluding hydrogens is 484 g/mol. The van der Waals surface area contributed by atoms with Crippen LogP contribution in [0.15, 0.2) is 53.0 Å². The number of benzene rings is 1. The van der Waals surface area contributed by atoms with E-state index >= 15 is 0 Å². The number of aromatic amines is 1. The van der Waals surface area contributed by atoms with Gasteiger partial charge in [0.25, 0.3) is 5.91 Å². The number of guanidine groups is 1. The molecule has 0 radical (unpaired) electrons. The van der Waals surface area contributed by atoms with Crippen molar-refractivity contribution < 1.29 is 9.53 Å². The molecule has 0 spiro atoms. The van der Waals surface area contributed by atoms with Crippen LogP contribution in [0.25, 0.3) is 22.2 Å². The Balaban J connectivity index is 1.44. The maximum absolute atomic E-state index is 13.4. The van der Waals surface area contributed by atoms with E-state index in [0.29, 0.717) is 17.0 Å². The lowest BCUT2D eigenvalue weighted by molar-refractivity contribution is -0.113. The predicted molar refractivity (Wildman–Crippen MR) is 145 cm³/mol. The molecule has 4 heterocycles. The first-order chi connectivity index (χ1) is 18.2. The van der Waals surface area contributed by atoms with Gasteiger partial charge in [-0.05, 0) is 58.0 Å². The largest absolute Gasteiger partial charge is 0.372 e. The van der Waals surface area contributed by atoms with E-state index in [4.69, 9.17) is 15.7 Å². The maximum Gasteiger partial charge on any atom is 0.255 e. The lowest BCUT2D eigenvalue weighted by Gasteiger charge is -2.38. The van der Waals surface area contributed by atoms with Crippen molar-refractivity contribution in [3.8, 4) is 11.3 Å². The number of fused-ring (bicyclic) bond motifs is 1. The number of H-pyrrole nitrogens is 1. The van der Waals surface area contributed by atoms with Crippen LogP contribution in [0.5, 0.6) is 0 Å². The number of hydrogen-bond acceptors (Lipinski definition) is 8. The van der Waals surface area contributed by atoms with Crippen LogP contribution in [0, 0.1) is 10.9 Å². The summed E-state index contributed by atoms with van der Waals surface area (Å²) in [4.78, 5) is 21.7. The Morgan fingerprint density at radius 2 is 1.92 bits per heavy atom. The maximum atomic E-state index is 13.4. The number of pyridine rings is 1. The first-order valence-electron chi connectivity index (χ1n) is 12.5. The number of amides is 1. The molecule has 2 aliphatic heterocycles. The highest BCUT2D eigenvalue weighted by Gasteiger charge is 2.35. The normalized spacial score (nSPS) is 22.3. The van der Waals surface area contributed by atoms with Crippen molar-refractivity contribution in [1.82, 2.24) is 25.1 Å². The van der Waals surface area contributed by atoms with Gasteiger partial charge in [-0.2, -0.15) is 10.6 Å². The van der Waals surface area contributed by atoms with Gasteiger partial charge in [-0.3, -0.25) is 15.3 Å². The molecule has 1 aromatic carbocycles. The second-order valence-corrected chi connectivity index (χ2v) is 9.85. The minimum Gasteiger partial charge on any atom is -0.372 e. The van der Waals surface area contributed by atoms with Gasteiger partial charge >= 0.3 is 0 Å². The Morgan fingerprint density at radius 3 is 2.63 bits per heavy atom. The third-order valence-electron chi connectivity index (χ3n) is 7.15. The highest BCUT2D eigenvalue weighted by molar-refractivity contribution is 6.08. The van der Waals surface area contributed by atoms with E-state index in [2.05, 4.69) is 44.5 Å². The van der Waals surface area contributed by atoms with Gasteiger partial charge < -0.3 is 19.9 Å². The van der Waals surface area contributed by atoms with Crippen LogP contribution >= 0.6 is 0 Å². The monoisotopic (exact) mass is 516 g/mol. The van der Waals surface area contributed by atoms with Crippen molar-refractivity contribution in [3.05, 3.63) is 47.8 Å². The summed E-state index contributed by atoms with van der Waals surface area (Å²) in [5.41, 5.74) is 11.7. The number of rotatable bonds is 5. The molecule has 12 nitrogen and oxygen atoms in total. The number of aromatic nitrogens is 3. The zero-order chi connectivity index (χ0) is 27.1. The molecule has 2 aliphatic rings. The van der Waals surface area contributed by atoms with Gasteiger partial charge in [0.15, 0.2) is 0 Å². The molecule has 4 N–H and O–H groups in total. The SMILES string of the molecule is CC1=C(C(=O)Nc2ccc3[nH]nc(-c4ccnc(N5C[C@H](C)O[C@@H](C)C5)c4)c3c2)[C@@H](C)N(N=N)C(=N)N1C. The van der Waals surface area contributed by atoms with Crippen LogP contribution in [0.1, 0.15) is 27.7 Å². The van der Waals surface area contributed by atoms with Crippen molar-refractivity contribution in [2.45, 2.75) is 45.9 Å². The summed E-state index contributed by atoms with van der Waals surface area (Å²) in [6.07, 6.45) is 2.04. The Labute approximate surface area is 220 Å². The van der Waals surface area contributed by atoms with E-state index in [9.17, 15) is 4.79 Å². The number of anilines is 2. The molecule has 3 atom stereocenters. The number of morpholine rings is 1. The molecule has 0 bridgehead atoms. The molecule has 1 amide bonds. The fraction of sp³-hybridized carbons (Fsp3) is 0.385. The number of ether oxygens (including phenoxy) is 1. The number of carbonyl (C=O) groups excluding carboxylic acids is 1. The zero-order valence-electron chi connectivity index (χ0n) is 22.1. The molecule has 1 fully saturated rings. The topological polar surface area (TPSA) is 150 Å². The van der Waals surface area contributed by atoms with Crippen molar-refractivity contribution in [2.24, 2.45) is 5.22 Å². The van der Waals surface area contributed by atoms with Gasteiger partial charge in [0.1, 0.15) is 11.5 Å². The minimum absolute atomic E-state index is 0.0451. The Kier molecular flexibility index (Phi) is 6.57. The van der Waals surface area contributed by atoms with Gasteiger partial charge in [-0.25, -0.2) is 9.99 Å². The van der Waals surface area contributed by atoms with E-state index in [1.54, 1.807) is 32.0 Å². The summed E-state index contributed by atoms with van der Waals surface area (Å²) in [6.45, 7) is 9.21. The van der Waals surface area contributed by atoms with Crippen molar-refractivity contribution >= 4 is 34.3 Å². The van der Waals surface area contributed by atoms with Crippen molar-refractivity contribution in [2.75, 3.05) is 30.4 Å². The third kappa shape index (κ3) is 4.47.